The van der Waals surface area contributed by atoms with E-state index in [9.17, 15) is 8.78 Å². The highest BCUT2D eigenvalue weighted by Gasteiger charge is 2.35. The summed E-state index contributed by atoms with van der Waals surface area (Å²) in [5.41, 5.74) is 0. The summed E-state index contributed by atoms with van der Waals surface area (Å²) in [5, 5.41) is 4.11. The Balaban J connectivity index is 2.06. The fourth-order valence-corrected chi connectivity index (χ4v) is 2.34. The Labute approximate surface area is 89.4 Å². The molecular weight excluding hydrogens is 254 g/mol. The Morgan fingerprint density at radius 3 is 2.57 bits per heavy atom. The van der Waals surface area contributed by atoms with Crippen molar-refractivity contribution in [2.75, 3.05) is 0 Å². The van der Waals surface area contributed by atoms with Gasteiger partial charge in [0.2, 0.25) is 5.92 Å². The Morgan fingerprint density at radius 1 is 1.43 bits per heavy atom. The third kappa shape index (κ3) is 1.97. The summed E-state index contributed by atoms with van der Waals surface area (Å²) in [5.74, 6) is -2.46. The van der Waals surface area contributed by atoms with E-state index in [1.807, 2.05) is 6.07 Å². The maximum Gasteiger partial charge on any atom is 0.248 e. The van der Waals surface area contributed by atoms with Crippen molar-refractivity contribution in [1.29, 1.82) is 0 Å². The van der Waals surface area contributed by atoms with Crippen LogP contribution in [0.5, 0.6) is 0 Å². The average molecular weight is 265 g/mol. The van der Waals surface area contributed by atoms with Gasteiger partial charge in [0.1, 0.15) is 4.60 Å². The van der Waals surface area contributed by atoms with Crippen molar-refractivity contribution >= 4 is 15.9 Å². The van der Waals surface area contributed by atoms with Crippen LogP contribution in [-0.2, 0) is 0 Å². The third-order valence-corrected chi connectivity index (χ3v) is 3.28. The summed E-state index contributed by atoms with van der Waals surface area (Å²) in [4.78, 5) is 0. The molecule has 0 spiro atoms. The van der Waals surface area contributed by atoms with Gasteiger partial charge in [0.25, 0.3) is 0 Å². The zero-order valence-corrected chi connectivity index (χ0v) is 9.17. The van der Waals surface area contributed by atoms with Crippen molar-refractivity contribution < 1.29 is 8.78 Å². The lowest BCUT2D eigenvalue weighted by molar-refractivity contribution is -0.0451. The normalized spacial score (nSPS) is 22.5. The highest BCUT2D eigenvalue weighted by Crippen LogP contribution is 2.38. The van der Waals surface area contributed by atoms with Crippen LogP contribution >= 0.6 is 15.9 Å². The van der Waals surface area contributed by atoms with Gasteiger partial charge in [-0.15, -0.1) is 0 Å². The lowest BCUT2D eigenvalue weighted by Crippen LogP contribution is -2.26. The SMILES string of the molecule is FC1(F)CCC(n2nccc2Br)CC1. The van der Waals surface area contributed by atoms with Gasteiger partial charge in [-0.3, -0.25) is 4.68 Å². The van der Waals surface area contributed by atoms with Crippen LogP contribution in [0.2, 0.25) is 0 Å². The Kier molecular flexibility index (Phi) is 2.60. The molecule has 2 rings (SSSR count). The van der Waals surface area contributed by atoms with Crippen molar-refractivity contribution in [1.82, 2.24) is 9.78 Å². The molecule has 1 aliphatic rings. The van der Waals surface area contributed by atoms with Gasteiger partial charge in [0.15, 0.2) is 0 Å². The molecule has 0 bridgehead atoms. The Morgan fingerprint density at radius 2 is 2.07 bits per heavy atom. The van der Waals surface area contributed by atoms with Gasteiger partial charge in [-0.05, 0) is 34.8 Å². The maximum absolute atomic E-state index is 12.9. The highest BCUT2D eigenvalue weighted by atomic mass is 79.9. The molecule has 5 heteroatoms. The molecule has 14 heavy (non-hydrogen) atoms. The van der Waals surface area contributed by atoms with Gasteiger partial charge in [-0.2, -0.15) is 5.10 Å². The fraction of sp³-hybridized carbons (Fsp3) is 0.667. The van der Waals surface area contributed by atoms with Gasteiger partial charge in [-0.1, -0.05) is 0 Å². The predicted octanol–water partition coefficient (Wildman–Crippen LogP) is 3.40. The lowest BCUT2D eigenvalue weighted by atomic mass is 9.92. The molecule has 1 saturated carbocycles. The van der Waals surface area contributed by atoms with Gasteiger partial charge in [0, 0.05) is 12.8 Å². The van der Waals surface area contributed by atoms with Gasteiger partial charge >= 0.3 is 0 Å². The summed E-state index contributed by atoms with van der Waals surface area (Å²) in [7, 11) is 0. The van der Waals surface area contributed by atoms with E-state index in [1.165, 1.54) is 0 Å². The summed E-state index contributed by atoms with van der Waals surface area (Å²) >= 11 is 3.34. The number of rotatable bonds is 1. The minimum absolute atomic E-state index is 0.0238. The van der Waals surface area contributed by atoms with Crippen molar-refractivity contribution in [2.24, 2.45) is 0 Å². The van der Waals surface area contributed by atoms with Crippen molar-refractivity contribution in [3.63, 3.8) is 0 Å². The van der Waals surface area contributed by atoms with Crippen LogP contribution in [0.3, 0.4) is 0 Å². The smallest absolute Gasteiger partial charge is 0.248 e. The number of aromatic nitrogens is 2. The van der Waals surface area contributed by atoms with E-state index < -0.39 is 5.92 Å². The first-order valence-corrected chi connectivity index (χ1v) is 5.45. The molecule has 2 nitrogen and oxygen atoms in total. The van der Waals surface area contributed by atoms with Gasteiger partial charge in [0.05, 0.1) is 12.2 Å². The average Bonchev–Trinajstić information content (AvgIpc) is 2.52. The monoisotopic (exact) mass is 264 g/mol. The third-order valence-electron chi connectivity index (χ3n) is 2.65. The van der Waals surface area contributed by atoms with Crippen LogP contribution in [0.4, 0.5) is 8.78 Å². The molecule has 1 aromatic heterocycles. The molecule has 0 aromatic carbocycles. The first kappa shape index (κ1) is 10.1. The van der Waals surface area contributed by atoms with Gasteiger partial charge < -0.3 is 0 Å². The lowest BCUT2D eigenvalue weighted by Gasteiger charge is -2.28. The van der Waals surface area contributed by atoms with Gasteiger partial charge in [-0.25, -0.2) is 8.78 Å². The predicted molar refractivity (Wildman–Crippen MR) is 52.4 cm³/mol. The second-order valence-corrected chi connectivity index (χ2v) is 4.50. The van der Waals surface area contributed by atoms with Crippen molar-refractivity contribution in [3.8, 4) is 0 Å². The number of hydrogen-bond acceptors (Lipinski definition) is 1. The van der Waals surface area contributed by atoms with E-state index in [0.29, 0.717) is 12.8 Å². The van der Waals surface area contributed by atoms with Crippen molar-refractivity contribution in [3.05, 3.63) is 16.9 Å². The second-order valence-electron chi connectivity index (χ2n) is 3.69. The topological polar surface area (TPSA) is 17.8 Å². The summed E-state index contributed by atoms with van der Waals surface area (Å²) in [6, 6.07) is 1.95. The zero-order chi connectivity index (χ0) is 10.2. The van der Waals surface area contributed by atoms with Crippen LogP contribution < -0.4 is 0 Å². The quantitative estimate of drug-likeness (QED) is 0.761. The molecule has 0 aliphatic heterocycles. The molecule has 1 aliphatic carbocycles. The Hall–Kier alpha value is -0.450. The first-order valence-electron chi connectivity index (χ1n) is 4.65. The number of halogens is 3. The molecule has 0 atom stereocenters. The first-order chi connectivity index (χ1) is 6.58. The summed E-state index contributed by atoms with van der Waals surface area (Å²) in [6.45, 7) is 0. The molecule has 1 fully saturated rings. The molecule has 0 radical (unpaired) electrons. The minimum atomic E-state index is -2.46. The van der Waals surface area contributed by atoms with Crippen LogP contribution in [0.1, 0.15) is 31.7 Å². The van der Waals surface area contributed by atoms with E-state index in [2.05, 4.69) is 21.0 Å². The number of nitrogens with zero attached hydrogens (tertiary/aromatic N) is 2. The number of alkyl halides is 2. The fourth-order valence-electron chi connectivity index (χ4n) is 1.84. The van der Waals surface area contributed by atoms with Crippen LogP contribution in [0, 0.1) is 0 Å². The largest absolute Gasteiger partial charge is 0.255 e. The number of hydrogen-bond donors (Lipinski definition) is 0. The van der Waals surface area contributed by atoms with E-state index >= 15 is 0 Å². The van der Waals surface area contributed by atoms with E-state index in [0.717, 1.165) is 4.60 Å². The molecule has 0 saturated heterocycles. The summed E-state index contributed by atoms with van der Waals surface area (Å²) in [6.07, 6.45) is 2.64. The molecule has 0 N–H and O–H groups in total. The van der Waals surface area contributed by atoms with Crippen LogP contribution in [0.15, 0.2) is 16.9 Å². The molecule has 1 heterocycles. The van der Waals surface area contributed by atoms with E-state index in [-0.39, 0.29) is 18.9 Å². The summed E-state index contributed by atoms with van der Waals surface area (Å²) < 4.78 is 28.4. The highest BCUT2D eigenvalue weighted by molar-refractivity contribution is 9.10. The second kappa shape index (κ2) is 3.61. The minimum Gasteiger partial charge on any atom is -0.255 e. The molecule has 0 unspecified atom stereocenters. The standard InChI is InChI=1S/C9H11BrF2N2/c10-8-3-6-13-14(8)7-1-4-9(11,12)5-2-7/h3,6-7H,1-2,4-5H2. The van der Waals surface area contributed by atoms with E-state index in [4.69, 9.17) is 0 Å². The van der Waals surface area contributed by atoms with Crippen molar-refractivity contribution in [2.45, 2.75) is 37.6 Å². The zero-order valence-electron chi connectivity index (χ0n) is 7.59. The molecule has 1 aromatic rings. The molecule has 0 amide bonds. The molecule has 78 valence electrons. The maximum atomic E-state index is 12.9. The molecular formula is C9H11BrF2N2. The van der Waals surface area contributed by atoms with E-state index in [1.54, 1.807) is 10.9 Å². The Bertz CT molecular complexity index is 314. The van der Waals surface area contributed by atoms with Crippen LogP contribution in [-0.4, -0.2) is 15.7 Å². The van der Waals surface area contributed by atoms with Crippen LogP contribution in [0.25, 0.3) is 0 Å².